The molecule has 3 nitrogen and oxygen atoms in total. The number of fused-ring (bicyclic) bond motifs is 1. The Morgan fingerprint density at radius 1 is 1.47 bits per heavy atom. The Labute approximate surface area is 89.5 Å². The van der Waals surface area contributed by atoms with Crippen molar-refractivity contribution in [2.75, 3.05) is 0 Å². The summed E-state index contributed by atoms with van der Waals surface area (Å²) in [6, 6.07) is 1.97. The summed E-state index contributed by atoms with van der Waals surface area (Å²) in [5.41, 5.74) is 1.91. The number of nitrogens with zero attached hydrogens (tertiary/aromatic N) is 2. The minimum Gasteiger partial charge on any atom is -0.272 e. The molecule has 3 heteroatoms. The predicted molar refractivity (Wildman–Crippen MR) is 56.6 cm³/mol. The normalized spacial score (nSPS) is 32.8. The van der Waals surface area contributed by atoms with Crippen molar-refractivity contribution in [2.24, 2.45) is 17.8 Å². The molecular formula is C12H16N2O. The van der Waals surface area contributed by atoms with E-state index in [1.165, 1.54) is 12.8 Å². The summed E-state index contributed by atoms with van der Waals surface area (Å²) >= 11 is 0. The van der Waals surface area contributed by atoms with Gasteiger partial charge in [0.05, 0.1) is 5.69 Å². The molecule has 2 fully saturated rings. The van der Waals surface area contributed by atoms with E-state index >= 15 is 0 Å². The Morgan fingerprint density at radius 3 is 2.67 bits per heavy atom. The van der Waals surface area contributed by atoms with Gasteiger partial charge in [0.2, 0.25) is 5.91 Å². The van der Waals surface area contributed by atoms with E-state index in [4.69, 9.17) is 0 Å². The third kappa shape index (κ3) is 1.18. The second kappa shape index (κ2) is 2.94. The first-order valence-electron chi connectivity index (χ1n) is 5.74. The maximum Gasteiger partial charge on any atom is 0.250 e. The Hall–Kier alpha value is -1.12. The molecule has 1 heterocycles. The van der Waals surface area contributed by atoms with Crippen molar-refractivity contribution in [3.8, 4) is 0 Å². The summed E-state index contributed by atoms with van der Waals surface area (Å²) in [6.45, 7) is 3.89. The van der Waals surface area contributed by atoms with Gasteiger partial charge < -0.3 is 0 Å². The third-order valence-electron chi connectivity index (χ3n) is 4.09. The summed E-state index contributed by atoms with van der Waals surface area (Å²) in [5, 5.41) is 4.26. The van der Waals surface area contributed by atoms with Crippen molar-refractivity contribution < 1.29 is 4.79 Å². The molecular weight excluding hydrogens is 188 g/mol. The number of carbonyl (C=O) groups is 1. The number of hydrogen-bond acceptors (Lipinski definition) is 2. The monoisotopic (exact) mass is 204 g/mol. The largest absolute Gasteiger partial charge is 0.272 e. The van der Waals surface area contributed by atoms with Crippen molar-refractivity contribution in [3.05, 3.63) is 17.5 Å². The number of aromatic nitrogens is 2. The first-order chi connectivity index (χ1) is 7.16. The highest BCUT2D eigenvalue weighted by molar-refractivity contribution is 5.82. The van der Waals surface area contributed by atoms with Gasteiger partial charge in [-0.2, -0.15) is 5.10 Å². The molecule has 1 aromatic heterocycles. The fourth-order valence-electron chi connectivity index (χ4n) is 3.02. The standard InChI is InChI=1S/C12H16N2O/c1-7-5-8(2)14(13-7)12(15)11-6-9-3-4-10(9)11/h5,9-11H,3-4,6H2,1-2H3. The molecule has 0 aromatic carbocycles. The summed E-state index contributed by atoms with van der Waals surface area (Å²) in [6.07, 6.45) is 3.69. The fourth-order valence-corrected chi connectivity index (χ4v) is 3.02. The predicted octanol–water partition coefficient (Wildman–Crippen LogP) is 2.19. The van der Waals surface area contributed by atoms with E-state index in [9.17, 15) is 4.79 Å². The first-order valence-corrected chi connectivity index (χ1v) is 5.74. The zero-order valence-corrected chi connectivity index (χ0v) is 9.23. The summed E-state index contributed by atoms with van der Waals surface area (Å²) in [5.74, 6) is 2.03. The molecule has 2 saturated carbocycles. The van der Waals surface area contributed by atoms with Crippen LogP contribution in [0.4, 0.5) is 0 Å². The molecule has 0 spiro atoms. The van der Waals surface area contributed by atoms with Gasteiger partial charge in [-0.3, -0.25) is 4.79 Å². The molecule has 3 atom stereocenters. The van der Waals surface area contributed by atoms with Crippen LogP contribution in [-0.2, 0) is 0 Å². The molecule has 0 saturated heterocycles. The zero-order chi connectivity index (χ0) is 10.6. The van der Waals surface area contributed by atoms with E-state index < -0.39 is 0 Å². The van der Waals surface area contributed by atoms with Crippen molar-refractivity contribution in [2.45, 2.75) is 33.1 Å². The van der Waals surface area contributed by atoms with Gasteiger partial charge in [0, 0.05) is 11.6 Å². The van der Waals surface area contributed by atoms with Crippen LogP contribution in [0.25, 0.3) is 0 Å². The molecule has 3 unspecified atom stereocenters. The van der Waals surface area contributed by atoms with Crippen LogP contribution in [0, 0.1) is 31.6 Å². The maximum absolute atomic E-state index is 12.2. The van der Waals surface area contributed by atoms with E-state index in [0.717, 1.165) is 23.7 Å². The third-order valence-corrected chi connectivity index (χ3v) is 4.09. The van der Waals surface area contributed by atoms with Crippen LogP contribution in [0.15, 0.2) is 6.07 Å². The number of aryl methyl sites for hydroxylation is 2. The fraction of sp³-hybridized carbons (Fsp3) is 0.667. The molecule has 0 radical (unpaired) electrons. The van der Waals surface area contributed by atoms with Crippen LogP contribution in [0.5, 0.6) is 0 Å². The zero-order valence-electron chi connectivity index (χ0n) is 9.23. The number of hydrogen-bond donors (Lipinski definition) is 0. The van der Waals surface area contributed by atoms with Gasteiger partial charge in [-0.25, -0.2) is 4.68 Å². The molecule has 2 aliphatic carbocycles. The smallest absolute Gasteiger partial charge is 0.250 e. The molecule has 0 amide bonds. The quantitative estimate of drug-likeness (QED) is 0.702. The van der Waals surface area contributed by atoms with E-state index in [0.29, 0.717) is 5.92 Å². The Bertz CT molecular complexity index is 421. The van der Waals surface area contributed by atoms with Crippen molar-refractivity contribution in [1.82, 2.24) is 9.78 Å². The van der Waals surface area contributed by atoms with E-state index in [2.05, 4.69) is 5.10 Å². The lowest BCUT2D eigenvalue weighted by Crippen LogP contribution is -2.49. The average Bonchev–Trinajstić information content (AvgIpc) is 2.49. The molecule has 15 heavy (non-hydrogen) atoms. The molecule has 0 N–H and O–H groups in total. The highest BCUT2D eigenvalue weighted by atomic mass is 16.2. The van der Waals surface area contributed by atoms with Gasteiger partial charge in [0.25, 0.3) is 0 Å². The molecule has 3 rings (SSSR count). The van der Waals surface area contributed by atoms with Crippen molar-refractivity contribution >= 4 is 5.91 Å². The van der Waals surface area contributed by atoms with Gasteiger partial charge in [0.15, 0.2) is 0 Å². The van der Waals surface area contributed by atoms with Crippen LogP contribution in [0.3, 0.4) is 0 Å². The Morgan fingerprint density at radius 2 is 2.27 bits per heavy atom. The highest BCUT2D eigenvalue weighted by Crippen LogP contribution is 2.54. The summed E-state index contributed by atoms with van der Waals surface area (Å²) in [7, 11) is 0. The molecule has 0 bridgehead atoms. The van der Waals surface area contributed by atoms with Gasteiger partial charge in [-0.15, -0.1) is 0 Å². The van der Waals surface area contributed by atoms with Gasteiger partial charge in [-0.1, -0.05) is 0 Å². The summed E-state index contributed by atoms with van der Waals surface area (Å²) < 4.78 is 1.61. The van der Waals surface area contributed by atoms with Crippen LogP contribution >= 0.6 is 0 Å². The van der Waals surface area contributed by atoms with Crippen LogP contribution in [0.2, 0.25) is 0 Å². The maximum atomic E-state index is 12.2. The molecule has 1 aromatic rings. The first kappa shape index (κ1) is 9.13. The van der Waals surface area contributed by atoms with E-state index in [1.807, 2.05) is 19.9 Å². The molecule has 0 aliphatic heterocycles. The number of rotatable bonds is 1. The highest BCUT2D eigenvalue weighted by Gasteiger charge is 2.50. The molecule has 2 aliphatic rings. The van der Waals surface area contributed by atoms with Gasteiger partial charge >= 0.3 is 0 Å². The number of carbonyl (C=O) groups excluding carboxylic acids is 1. The SMILES string of the molecule is Cc1cc(C)n(C(=O)C2CC3CCC32)n1. The van der Waals surface area contributed by atoms with E-state index in [1.54, 1.807) is 4.68 Å². The van der Waals surface area contributed by atoms with Crippen LogP contribution in [0.1, 0.15) is 35.4 Å². The van der Waals surface area contributed by atoms with Crippen molar-refractivity contribution in [3.63, 3.8) is 0 Å². The minimum absolute atomic E-state index is 0.224. The minimum atomic E-state index is 0.224. The van der Waals surface area contributed by atoms with Crippen LogP contribution < -0.4 is 0 Å². The van der Waals surface area contributed by atoms with E-state index in [-0.39, 0.29) is 11.8 Å². The Balaban J connectivity index is 1.82. The second-order valence-corrected chi connectivity index (χ2v) is 5.02. The lowest BCUT2D eigenvalue weighted by molar-refractivity contribution is -0.0188. The van der Waals surface area contributed by atoms with Gasteiger partial charge in [-0.05, 0) is 51.0 Å². The summed E-state index contributed by atoms with van der Waals surface area (Å²) in [4.78, 5) is 12.2. The Kier molecular flexibility index (Phi) is 1.79. The lowest BCUT2D eigenvalue weighted by atomic mass is 9.53. The second-order valence-electron chi connectivity index (χ2n) is 5.02. The van der Waals surface area contributed by atoms with Crippen LogP contribution in [-0.4, -0.2) is 15.7 Å². The van der Waals surface area contributed by atoms with Gasteiger partial charge in [0.1, 0.15) is 0 Å². The van der Waals surface area contributed by atoms with Crippen molar-refractivity contribution in [1.29, 1.82) is 0 Å². The topological polar surface area (TPSA) is 34.9 Å². The lowest BCUT2D eigenvalue weighted by Gasteiger charge is -2.51. The average molecular weight is 204 g/mol. The molecule has 80 valence electrons.